The lowest BCUT2D eigenvalue weighted by Crippen LogP contribution is -2.18. The summed E-state index contributed by atoms with van der Waals surface area (Å²) >= 11 is 0. The number of halogens is 3. The number of rotatable bonds is 2. The first-order chi connectivity index (χ1) is 10.6. The summed E-state index contributed by atoms with van der Waals surface area (Å²) in [6, 6.07) is 1.66. The third-order valence-electron chi connectivity index (χ3n) is 3.56. The average Bonchev–Trinajstić information content (AvgIpc) is 2.57. The lowest BCUT2D eigenvalue weighted by molar-refractivity contribution is -0.141. The van der Waals surface area contributed by atoms with Gasteiger partial charge in [0.25, 0.3) is 0 Å². The van der Waals surface area contributed by atoms with Gasteiger partial charge >= 0.3 is 6.18 Å². The van der Waals surface area contributed by atoms with Crippen molar-refractivity contribution in [3.8, 4) is 0 Å². The van der Waals surface area contributed by atoms with Gasteiger partial charge in [0.1, 0.15) is 17.0 Å². The summed E-state index contributed by atoms with van der Waals surface area (Å²) in [5, 5.41) is 10.1. The normalized spacial score (nSPS) is 16.2. The van der Waals surface area contributed by atoms with E-state index < -0.39 is 34.8 Å². The summed E-state index contributed by atoms with van der Waals surface area (Å²) in [5.41, 5.74) is -1.42. The molecule has 1 aromatic heterocycles. The van der Waals surface area contributed by atoms with E-state index >= 15 is 0 Å². The molecule has 23 heavy (non-hydrogen) atoms. The van der Waals surface area contributed by atoms with Crippen LogP contribution in [0.5, 0.6) is 0 Å². The largest absolute Gasteiger partial charge is 0.507 e. The van der Waals surface area contributed by atoms with Crippen molar-refractivity contribution in [1.82, 2.24) is 4.98 Å². The molecule has 0 bridgehead atoms. The van der Waals surface area contributed by atoms with Gasteiger partial charge in [-0.2, -0.15) is 13.2 Å². The van der Waals surface area contributed by atoms with Crippen molar-refractivity contribution in [3.05, 3.63) is 52.1 Å². The Hall–Kier alpha value is -2.44. The molecule has 4 nitrogen and oxygen atoms in total. The van der Waals surface area contributed by atoms with E-state index in [-0.39, 0.29) is 17.7 Å². The molecule has 1 aromatic rings. The molecule has 0 atom stereocenters. The maximum absolute atomic E-state index is 12.6. The third kappa shape index (κ3) is 3.33. The van der Waals surface area contributed by atoms with E-state index in [1.165, 1.54) is 6.92 Å². The number of pyridine rings is 1. The Morgan fingerprint density at radius 2 is 1.91 bits per heavy atom. The fraction of sp³-hybridized carbons (Fsp3) is 0.312. The monoisotopic (exact) mass is 325 g/mol. The number of nitrogens with zero attached hydrogens (tertiary/aromatic N) is 1. The highest BCUT2D eigenvalue weighted by molar-refractivity contribution is 6.27. The molecule has 0 unspecified atom stereocenters. The number of aliphatic hydroxyl groups is 1. The molecule has 0 aromatic carbocycles. The van der Waals surface area contributed by atoms with E-state index in [0.29, 0.717) is 18.1 Å². The van der Waals surface area contributed by atoms with Gasteiger partial charge in [-0.25, -0.2) is 4.98 Å². The van der Waals surface area contributed by atoms with Crippen molar-refractivity contribution < 1.29 is 27.9 Å². The molecular formula is C16H14F3NO3. The molecule has 2 rings (SSSR count). The molecular weight excluding hydrogens is 311 g/mol. The summed E-state index contributed by atoms with van der Waals surface area (Å²) in [5.74, 6) is -1.79. The Morgan fingerprint density at radius 3 is 2.48 bits per heavy atom. The van der Waals surface area contributed by atoms with Crippen LogP contribution < -0.4 is 0 Å². The molecule has 1 aliphatic carbocycles. The molecule has 0 amide bonds. The number of hydrogen-bond acceptors (Lipinski definition) is 4. The Labute approximate surface area is 130 Å². The van der Waals surface area contributed by atoms with E-state index in [1.54, 1.807) is 13.0 Å². The van der Waals surface area contributed by atoms with E-state index in [1.807, 2.05) is 0 Å². The van der Waals surface area contributed by atoms with E-state index in [0.717, 1.165) is 6.07 Å². The standard InChI is InChI=1S/C16H14F3NO3/c1-8-4-3-5-11(21)13(14(8)22)15(23)10-6-7-12(16(17,18)19)20-9(10)2/h4,6-7,22H,3,5H2,1-2H3. The van der Waals surface area contributed by atoms with Crippen molar-refractivity contribution in [2.75, 3.05) is 0 Å². The van der Waals surface area contributed by atoms with Gasteiger partial charge in [0.2, 0.25) is 5.78 Å². The van der Waals surface area contributed by atoms with Crippen LogP contribution in [0.15, 0.2) is 35.1 Å². The predicted octanol–water partition coefficient (Wildman–Crippen LogP) is 3.71. The van der Waals surface area contributed by atoms with Gasteiger partial charge in [0, 0.05) is 17.7 Å². The number of aryl methyl sites for hydroxylation is 1. The summed E-state index contributed by atoms with van der Waals surface area (Å²) in [4.78, 5) is 27.9. The topological polar surface area (TPSA) is 67.3 Å². The SMILES string of the molecule is CC1=CCCC(=O)C(C(=O)c2ccc(C(F)(F)F)nc2C)=C1O. The highest BCUT2D eigenvalue weighted by atomic mass is 19.4. The highest BCUT2D eigenvalue weighted by Crippen LogP contribution is 2.29. The average molecular weight is 325 g/mol. The minimum atomic E-state index is -4.62. The van der Waals surface area contributed by atoms with Crippen LogP contribution in [0.3, 0.4) is 0 Å². The molecule has 1 heterocycles. The number of carbonyl (C=O) groups is 2. The van der Waals surface area contributed by atoms with Crippen molar-refractivity contribution >= 4 is 11.6 Å². The number of allylic oxidation sites excluding steroid dienone is 3. The smallest absolute Gasteiger partial charge is 0.433 e. The van der Waals surface area contributed by atoms with Gasteiger partial charge in [0.15, 0.2) is 5.78 Å². The molecule has 1 N–H and O–H groups in total. The second kappa shape index (κ2) is 5.98. The number of aliphatic hydroxyl groups excluding tert-OH is 1. The van der Waals surface area contributed by atoms with Crippen LogP contribution in [0, 0.1) is 6.92 Å². The first-order valence-corrected chi connectivity index (χ1v) is 6.86. The first kappa shape index (κ1) is 16.9. The molecule has 0 radical (unpaired) electrons. The number of aromatic nitrogens is 1. The number of ketones is 2. The zero-order chi connectivity index (χ0) is 17.4. The summed E-state index contributed by atoms with van der Waals surface area (Å²) < 4.78 is 37.9. The van der Waals surface area contributed by atoms with Crippen LogP contribution in [0.2, 0.25) is 0 Å². The quantitative estimate of drug-likeness (QED) is 0.665. The van der Waals surface area contributed by atoms with Crippen molar-refractivity contribution in [2.24, 2.45) is 0 Å². The van der Waals surface area contributed by atoms with Crippen LogP contribution in [0.25, 0.3) is 0 Å². The molecule has 0 spiro atoms. The van der Waals surface area contributed by atoms with Gasteiger partial charge in [0.05, 0.1) is 0 Å². The zero-order valence-electron chi connectivity index (χ0n) is 12.5. The van der Waals surface area contributed by atoms with Gasteiger partial charge < -0.3 is 5.11 Å². The summed E-state index contributed by atoms with van der Waals surface area (Å²) in [6.45, 7) is 2.81. The second-order valence-corrected chi connectivity index (χ2v) is 5.23. The highest BCUT2D eigenvalue weighted by Gasteiger charge is 2.34. The Balaban J connectivity index is 2.50. The van der Waals surface area contributed by atoms with Crippen LogP contribution in [-0.2, 0) is 11.0 Å². The number of hydrogen-bond donors (Lipinski definition) is 1. The lowest BCUT2D eigenvalue weighted by Gasteiger charge is -2.11. The number of Topliss-reactive ketones (excluding diaryl/α,β-unsaturated/α-hetero) is 2. The van der Waals surface area contributed by atoms with Crippen LogP contribution >= 0.6 is 0 Å². The molecule has 0 fully saturated rings. The van der Waals surface area contributed by atoms with Crippen molar-refractivity contribution in [1.29, 1.82) is 0 Å². The van der Waals surface area contributed by atoms with E-state index in [9.17, 15) is 27.9 Å². The fourth-order valence-electron chi connectivity index (χ4n) is 2.30. The molecule has 122 valence electrons. The Bertz CT molecular complexity index is 745. The minimum Gasteiger partial charge on any atom is -0.507 e. The fourth-order valence-corrected chi connectivity index (χ4v) is 2.30. The number of carbonyl (C=O) groups excluding carboxylic acids is 2. The molecule has 0 saturated heterocycles. The molecule has 1 aliphatic rings. The minimum absolute atomic E-state index is 0.0512. The number of alkyl halides is 3. The third-order valence-corrected chi connectivity index (χ3v) is 3.56. The zero-order valence-corrected chi connectivity index (χ0v) is 12.5. The van der Waals surface area contributed by atoms with Gasteiger partial charge in [-0.05, 0) is 38.0 Å². The second-order valence-electron chi connectivity index (χ2n) is 5.23. The van der Waals surface area contributed by atoms with Crippen LogP contribution in [-0.4, -0.2) is 21.7 Å². The maximum Gasteiger partial charge on any atom is 0.433 e. The summed E-state index contributed by atoms with van der Waals surface area (Å²) in [6.07, 6.45) is -2.55. The van der Waals surface area contributed by atoms with Gasteiger partial charge in [-0.15, -0.1) is 0 Å². The van der Waals surface area contributed by atoms with Crippen LogP contribution in [0.1, 0.15) is 41.5 Å². The molecule has 0 aliphatic heterocycles. The molecule has 7 heteroatoms. The Kier molecular flexibility index (Phi) is 4.40. The van der Waals surface area contributed by atoms with E-state index in [2.05, 4.69) is 4.98 Å². The maximum atomic E-state index is 12.6. The predicted molar refractivity (Wildman–Crippen MR) is 76.0 cm³/mol. The van der Waals surface area contributed by atoms with Crippen LogP contribution in [0.4, 0.5) is 13.2 Å². The van der Waals surface area contributed by atoms with Crippen molar-refractivity contribution in [2.45, 2.75) is 32.9 Å². The Morgan fingerprint density at radius 1 is 1.26 bits per heavy atom. The first-order valence-electron chi connectivity index (χ1n) is 6.86. The van der Waals surface area contributed by atoms with Gasteiger partial charge in [-0.3, -0.25) is 9.59 Å². The van der Waals surface area contributed by atoms with Crippen molar-refractivity contribution in [3.63, 3.8) is 0 Å². The summed E-state index contributed by atoms with van der Waals surface area (Å²) in [7, 11) is 0. The van der Waals surface area contributed by atoms with E-state index in [4.69, 9.17) is 0 Å². The molecule has 0 saturated carbocycles. The lowest BCUT2D eigenvalue weighted by atomic mass is 9.95. The van der Waals surface area contributed by atoms with Gasteiger partial charge in [-0.1, -0.05) is 6.08 Å².